The lowest BCUT2D eigenvalue weighted by Gasteiger charge is -2.14. The molecule has 122 valence electrons. The highest BCUT2D eigenvalue weighted by atomic mass is 32.2. The zero-order valence-corrected chi connectivity index (χ0v) is 13.9. The number of aromatic hydroxyl groups is 1. The molecular weight excluding hydrogens is 338 g/mol. The number of carbonyl (C=O) groups excluding carboxylic acids is 2. The maximum absolute atomic E-state index is 12.1. The van der Waals surface area contributed by atoms with E-state index >= 15 is 0 Å². The summed E-state index contributed by atoms with van der Waals surface area (Å²) in [6.45, 7) is 1.93. The molecule has 8 heteroatoms. The molecule has 0 aliphatic carbocycles. The number of amides is 1. The van der Waals surface area contributed by atoms with Crippen molar-refractivity contribution < 1.29 is 24.5 Å². The molecule has 2 rings (SSSR count). The van der Waals surface area contributed by atoms with Crippen molar-refractivity contribution in [2.45, 2.75) is 13.3 Å². The molecule has 1 aliphatic rings. The molecule has 1 fully saturated rings. The van der Waals surface area contributed by atoms with Crippen molar-refractivity contribution in [3.05, 3.63) is 28.7 Å². The lowest BCUT2D eigenvalue weighted by atomic mass is 10.1. The van der Waals surface area contributed by atoms with Gasteiger partial charge in [0.15, 0.2) is 0 Å². The lowest BCUT2D eigenvalue weighted by Crippen LogP contribution is -2.40. The predicted octanol–water partition coefficient (Wildman–Crippen LogP) is 1.13. The van der Waals surface area contributed by atoms with E-state index in [4.69, 9.17) is 17.0 Å². The van der Waals surface area contributed by atoms with Crippen LogP contribution in [0.2, 0.25) is 0 Å². The van der Waals surface area contributed by atoms with E-state index in [1.165, 1.54) is 12.1 Å². The van der Waals surface area contributed by atoms with E-state index in [1.807, 2.05) is 6.92 Å². The van der Waals surface area contributed by atoms with Crippen LogP contribution in [-0.2, 0) is 9.59 Å². The van der Waals surface area contributed by atoms with Gasteiger partial charge in [-0.3, -0.25) is 9.69 Å². The molecule has 1 amide bonds. The summed E-state index contributed by atoms with van der Waals surface area (Å²) in [5.74, 6) is -1.41. The maximum Gasteiger partial charge on any atom is 0.266 e. The van der Waals surface area contributed by atoms with Crippen LogP contribution in [0.25, 0.3) is 6.08 Å². The number of carbonyl (C=O) groups is 2. The van der Waals surface area contributed by atoms with Crippen molar-refractivity contribution in [2.75, 3.05) is 13.2 Å². The second-order valence-corrected chi connectivity index (χ2v) is 6.38. The Morgan fingerprint density at radius 2 is 2.26 bits per heavy atom. The Kier molecular flexibility index (Phi) is 5.62. The van der Waals surface area contributed by atoms with Crippen LogP contribution in [0.5, 0.6) is 11.5 Å². The van der Waals surface area contributed by atoms with Crippen molar-refractivity contribution >= 4 is 46.3 Å². The Hall–Kier alpha value is -2.06. The third-order valence-corrected chi connectivity index (χ3v) is 4.30. The summed E-state index contributed by atoms with van der Waals surface area (Å²) in [5, 5.41) is 20.7. The van der Waals surface area contributed by atoms with E-state index in [2.05, 4.69) is 0 Å². The Labute approximate surface area is 142 Å². The Balaban J connectivity index is 2.20. The van der Waals surface area contributed by atoms with Gasteiger partial charge in [0.1, 0.15) is 15.8 Å². The van der Waals surface area contributed by atoms with E-state index in [0.29, 0.717) is 17.9 Å². The summed E-state index contributed by atoms with van der Waals surface area (Å²) in [6.07, 6.45) is 2.32. The predicted molar refractivity (Wildman–Crippen MR) is 88.8 cm³/mol. The SMILES string of the molecule is CCCOc1ccc(/C=C2\SC(=S)N(CC(=O)[O-])C2=O)c(O)c1. The maximum atomic E-state index is 12.1. The summed E-state index contributed by atoms with van der Waals surface area (Å²) in [6, 6.07) is 4.76. The minimum Gasteiger partial charge on any atom is -0.548 e. The summed E-state index contributed by atoms with van der Waals surface area (Å²) >= 11 is 5.97. The second kappa shape index (κ2) is 7.47. The number of nitrogens with zero attached hydrogens (tertiary/aromatic N) is 1. The van der Waals surface area contributed by atoms with Gasteiger partial charge >= 0.3 is 0 Å². The number of rotatable bonds is 6. The summed E-state index contributed by atoms with van der Waals surface area (Å²) in [4.78, 5) is 24.0. The van der Waals surface area contributed by atoms with E-state index in [1.54, 1.807) is 12.1 Å². The standard InChI is InChI=1S/C15H15NO5S2/c1-2-5-21-10-4-3-9(11(17)7-10)6-12-14(20)16(8-13(18)19)15(22)23-12/h3-4,6-7,17H,2,5,8H2,1H3,(H,18,19)/p-1/b12-6-. The first-order chi connectivity index (χ1) is 10.9. The van der Waals surface area contributed by atoms with Crippen LogP contribution < -0.4 is 9.84 Å². The molecule has 1 aliphatic heterocycles. The third kappa shape index (κ3) is 4.23. The van der Waals surface area contributed by atoms with Gasteiger partial charge in [0, 0.05) is 11.6 Å². The Morgan fingerprint density at radius 3 is 2.87 bits per heavy atom. The lowest BCUT2D eigenvalue weighted by molar-refractivity contribution is -0.305. The van der Waals surface area contributed by atoms with Crippen molar-refractivity contribution in [1.29, 1.82) is 0 Å². The Morgan fingerprint density at radius 1 is 1.52 bits per heavy atom. The number of phenols is 1. The average Bonchev–Trinajstić information content (AvgIpc) is 2.75. The van der Waals surface area contributed by atoms with E-state index in [-0.39, 0.29) is 15.0 Å². The number of hydrogen-bond donors (Lipinski definition) is 1. The number of carboxylic acid groups (broad SMARTS) is 1. The van der Waals surface area contributed by atoms with Gasteiger partial charge in [-0.2, -0.15) is 0 Å². The van der Waals surface area contributed by atoms with Crippen LogP contribution in [0.3, 0.4) is 0 Å². The van der Waals surface area contributed by atoms with Crippen molar-refractivity contribution in [3.63, 3.8) is 0 Å². The second-order valence-electron chi connectivity index (χ2n) is 4.71. The van der Waals surface area contributed by atoms with Crippen LogP contribution in [0.15, 0.2) is 23.1 Å². The van der Waals surface area contributed by atoms with Gasteiger partial charge in [0.05, 0.1) is 24.0 Å². The fraction of sp³-hybridized carbons (Fsp3) is 0.267. The molecule has 0 radical (unpaired) electrons. The van der Waals surface area contributed by atoms with Gasteiger partial charge in [0.25, 0.3) is 5.91 Å². The molecular formula is C15H14NO5S2-. The number of hydrogen-bond acceptors (Lipinski definition) is 7. The highest BCUT2D eigenvalue weighted by Crippen LogP contribution is 2.34. The zero-order valence-electron chi connectivity index (χ0n) is 12.3. The highest BCUT2D eigenvalue weighted by molar-refractivity contribution is 8.26. The fourth-order valence-electron chi connectivity index (χ4n) is 1.86. The summed E-state index contributed by atoms with van der Waals surface area (Å²) in [7, 11) is 0. The average molecular weight is 352 g/mol. The number of carboxylic acids is 1. The molecule has 0 atom stereocenters. The van der Waals surface area contributed by atoms with Crippen LogP contribution in [-0.4, -0.2) is 39.4 Å². The number of aliphatic carboxylic acids is 1. The largest absolute Gasteiger partial charge is 0.548 e. The Bertz CT molecular complexity index is 686. The number of phenolic OH excluding ortho intramolecular Hbond substituents is 1. The van der Waals surface area contributed by atoms with Crippen molar-refractivity contribution in [3.8, 4) is 11.5 Å². The van der Waals surface area contributed by atoms with Crippen LogP contribution in [0, 0.1) is 0 Å². The van der Waals surface area contributed by atoms with Crippen LogP contribution in [0.4, 0.5) is 0 Å². The molecule has 0 spiro atoms. The van der Waals surface area contributed by atoms with E-state index < -0.39 is 18.4 Å². The fourth-order valence-corrected chi connectivity index (χ4v) is 3.11. The molecule has 1 aromatic carbocycles. The number of ether oxygens (including phenoxy) is 1. The van der Waals surface area contributed by atoms with Gasteiger partial charge in [-0.15, -0.1) is 0 Å². The highest BCUT2D eigenvalue weighted by Gasteiger charge is 2.32. The van der Waals surface area contributed by atoms with Crippen LogP contribution >= 0.6 is 24.0 Å². The molecule has 1 saturated heterocycles. The minimum absolute atomic E-state index is 0.0382. The van der Waals surface area contributed by atoms with Gasteiger partial charge in [0.2, 0.25) is 0 Å². The van der Waals surface area contributed by atoms with E-state index in [9.17, 15) is 19.8 Å². The monoisotopic (exact) mass is 352 g/mol. The normalized spacial score (nSPS) is 16.2. The van der Waals surface area contributed by atoms with Gasteiger partial charge in [-0.05, 0) is 24.6 Å². The number of thioether (sulfide) groups is 1. The third-order valence-electron chi connectivity index (χ3n) is 2.92. The molecule has 1 heterocycles. The quantitative estimate of drug-likeness (QED) is 0.606. The smallest absolute Gasteiger partial charge is 0.266 e. The van der Waals surface area contributed by atoms with Gasteiger partial charge in [-0.25, -0.2) is 0 Å². The van der Waals surface area contributed by atoms with Gasteiger partial charge < -0.3 is 19.7 Å². The first-order valence-corrected chi connectivity index (χ1v) is 8.06. The summed E-state index contributed by atoms with van der Waals surface area (Å²) in [5.41, 5.74) is 0.419. The summed E-state index contributed by atoms with van der Waals surface area (Å²) < 4.78 is 5.55. The van der Waals surface area contributed by atoms with E-state index in [0.717, 1.165) is 23.1 Å². The molecule has 0 unspecified atom stereocenters. The molecule has 1 N–H and O–H groups in total. The first-order valence-electron chi connectivity index (χ1n) is 6.83. The molecule has 23 heavy (non-hydrogen) atoms. The first kappa shape index (κ1) is 17.3. The molecule has 0 aromatic heterocycles. The van der Waals surface area contributed by atoms with Crippen LogP contribution in [0.1, 0.15) is 18.9 Å². The number of benzene rings is 1. The molecule has 1 aromatic rings. The number of thiocarbonyl (C=S) groups is 1. The molecule has 0 bridgehead atoms. The molecule has 0 saturated carbocycles. The molecule has 6 nitrogen and oxygen atoms in total. The minimum atomic E-state index is -1.39. The van der Waals surface area contributed by atoms with Gasteiger partial charge in [-0.1, -0.05) is 30.9 Å². The topological polar surface area (TPSA) is 89.9 Å². The zero-order chi connectivity index (χ0) is 17.0. The van der Waals surface area contributed by atoms with Crippen molar-refractivity contribution in [2.24, 2.45) is 0 Å². The van der Waals surface area contributed by atoms with Crippen molar-refractivity contribution in [1.82, 2.24) is 4.90 Å².